The maximum Gasteiger partial charge on any atom is 0.239 e. The summed E-state index contributed by atoms with van der Waals surface area (Å²) in [6, 6.07) is 6.95. The average molecular weight is 262 g/mol. The Bertz CT molecular complexity index is 511. The fraction of sp³-hybridized carbons (Fsp3) is 0.429. The van der Waals surface area contributed by atoms with Crippen LogP contribution in [0.4, 0.5) is 5.69 Å². The van der Waals surface area contributed by atoms with Crippen LogP contribution in [0.2, 0.25) is 0 Å². The molecular weight excluding hydrogens is 244 g/mol. The van der Waals surface area contributed by atoms with Gasteiger partial charge in [-0.2, -0.15) is 0 Å². The van der Waals surface area contributed by atoms with Gasteiger partial charge in [-0.25, -0.2) is 4.90 Å². The highest BCUT2D eigenvalue weighted by Crippen LogP contribution is 2.35. The second kappa shape index (κ2) is 5.01. The van der Waals surface area contributed by atoms with Crippen molar-refractivity contribution in [1.82, 2.24) is 0 Å². The molecule has 0 atom stereocenters. The first-order chi connectivity index (χ1) is 8.95. The molecule has 1 aromatic rings. The number of nitrogens with two attached hydrogens (primary N) is 1. The van der Waals surface area contributed by atoms with Gasteiger partial charge in [-0.15, -0.1) is 0 Å². The number of rotatable bonds is 4. The van der Waals surface area contributed by atoms with Gasteiger partial charge in [0.2, 0.25) is 11.8 Å². The van der Waals surface area contributed by atoms with E-state index in [1.807, 2.05) is 0 Å². The van der Waals surface area contributed by atoms with Crippen LogP contribution in [0.5, 0.6) is 5.75 Å². The number of hydrogen-bond donors (Lipinski definition) is 1. The van der Waals surface area contributed by atoms with E-state index in [4.69, 9.17) is 10.5 Å². The van der Waals surface area contributed by atoms with Gasteiger partial charge >= 0.3 is 0 Å². The fourth-order valence-corrected chi connectivity index (χ4v) is 2.10. The summed E-state index contributed by atoms with van der Waals surface area (Å²) in [6.07, 6.45) is 0.236. The first-order valence-electron chi connectivity index (χ1n) is 6.26. The van der Waals surface area contributed by atoms with Crippen molar-refractivity contribution in [3.05, 3.63) is 24.3 Å². The third-order valence-corrected chi connectivity index (χ3v) is 3.09. The molecule has 1 fully saturated rings. The Morgan fingerprint density at radius 3 is 2.68 bits per heavy atom. The zero-order valence-corrected chi connectivity index (χ0v) is 11.2. The molecule has 0 bridgehead atoms. The van der Waals surface area contributed by atoms with Gasteiger partial charge in [-0.3, -0.25) is 9.59 Å². The van der Waals surface area contributed by atoms with E-state index in [0.29, 0.717) is 24.6 Å². The number of anilines is 1. The largest absolute Gasteiger partial charge is 0.492 e. The van der Waals surface area contributed by atoms with E-state index in [2.05, 4.69) is 0 Å². The van der Waals surface area contributed by atoms with E-state index in [0.717, 1.165) is 0 Å². The molecule has 5 nitrogen and oxygen atoms in total. The lowest BCUT2D eigenvalue weighted by molar-refractivity contribution is -0.124. The van der Waals surface area contributed by atoms with Crippen molar-refractivity contribution in [1.29, 1.82) is 0 Å². The predicted molar refractivity (Wildman–Crippen MR) is 71.9 cm³/mol. The topological polar surface area (TPSA) is 72.6 Å². The smallest absolute Gasteiger partial charge is 0.239 e. The number of ether oxygens (including phenoxy) is 1. The highest BCUT2D eigenvalue weighted by Gasteiger charge is 2.45. The molecule has 1 aliphatic rings. The number of hydrogen-bond acceptors (Lipinski definition) is 4. The van der Waals surface area contributed by atoms with Crippen molar-refractivity contribution in [2.75, 3.05) is 18.1 Å². The molecular formula is C14H18N2O3. The summed E-state index contributed by atoms with van der Waals surface area (Å²) in [6.45, 7) is 4.37. The molecule has 1 aliphatic heterocycles. The van der Waals surface area contributed by atoms with Crippen LogP contribution in [0, 0.1) is 5.41 Å². The van der Waals surface area contributed by atoms with Crippen molar-refractivity contribution in [2.45, 2.75) is 20.3 Å². The second-order valence-corrected chi connectivity index (χ2v) is 5.23. The summed E-state index contributed by atoms with van der Waals surface area (Å²) >= 11 is 0. The summed E-state index contributed by atoms with van der Waals surface area (Å²) in [4.78, 5) is 25.4. The van der Waals surface area contributed by atoms with Gasteiger partial charge in [0.25, 0.3) is 0 Å². The SMILES string of the molecule is CC1(C)CC(=O)N(c2cccc(OCCN)c2)C1=O. The molecule has 5 heteroatoms. The minimum absolute atomic E-state index is 0.173. The molecule has 2 rings (SSSR count). The summed E-state index contributed by atoms with van der Waals surface area (Å²) in [5, 5.41) is 0. The monoisotopic (exact) mass is 262 g/mol. The molecule has 2 N–H and O–H groups in total. The van der Waals surface area contributed by atoms with Gasteiger partial charge in [0.05, 0.1) is 11.1 Å². The Labute approximate surface area is 112 Å². The van der Waals surface area contributed by atoms with Crippen molar-refractivity contribution in [3.8, 4) is 5.75 Å². The molecule has 0 radical (unpaired) electrons. The number of carbonyl (C=O) groups is 2. The number of carbonyl (C=O) groups excluding carboxylic acids is 2. The van der Waals surface area contributed by atoms with E-state index in [-0.39, 0.29) is 18.2 Å². The quantitative estimate of drug-likeness (QED) is 0.830. The van der Waals surface area contributed by atoms with Crippen molar-refractivity contribution in [2.24, 2.45) is 11.1 Å². The second-order valence-electron chi connectivity index (χ2n) is 5.23. The van der Waals surface area contributed by atoms with E-state index in [1.54, 1.807) is 38.1 Å². The van der Waals surface area contributed by atoms with Crippen molar-refractivity contribution in [3.63, 3.8) is 0 Å². The third-order valence-electron chi connectivity index (χ3n) is 3.09. The number of amides is 2. The zero-order chi connectivity index (χ0) is 14.0. The van der Waals surface area contributed by atoms with Gasteiger partial charge < -0.3 is 10.5 Å². The van der Waals surface area contributed by atoms with Gasteiger partial charge in [0, 0.05) is 19.0 Å². The molecule has 0 saturated carbocycles. The standard InChI is InChI=1S/C14H18N2O3/c1-14(2)9-12(17)16(13(14)18)10-4-3-5-11(8-10)19-7-6-15/h3-5,8H,6-7,9,15H2,1-2H3. The van der Waals surface area contributed by atoms with Crippen LogP contribution in [0.3, 0.4) is 0 Å². The molecule has 19 heavy (non-hydrogen) atoms. The van der Waals surface area contributed by atoms with Crippen LogP contribution in [0.1, 0.15) is 20.3 Å². The van der Waals surface area contributed by atoms with Crippen LogP contribution >= 0.6 is 0 Å². The fourth-order valence-electron chi connectivity index (χ4n) is 2.10. The van der Waals surface area contributed by atoms with E-state index in [9.17, 15) is 9.59 Å². The molecule has 1 heterocycles. The number of benzene rings is 1. The molecule has 1 aromatic carbocycles. The molecule has 102 valence electrons. The Hall–Kier alpha value is -1.88. The van der Waals surface area contributed by atoms with E-state index in [1.165, 1.54) is 4.90 Å². The maximum absolute atomic E-state index is 12.2. The van der Waals surface area contributed by atoms with Crippen molar-refractivity contribution >= 4 is 17.5 Å². The average Bonchev–Trinajstić information content (AvgIpc) is 2.56. The highest BCUT2D eigenvalue weighted by molar-refractivity contribution is 6.22. The third kappa shape index (κ3) is 2.61. The first kappa shape index (κ1) is 13.5. The predicted octanol–water partition coefficient (Wildman–Crippen LogP) is 1.31. The van der Waals surface area contributed by atoms with Crippen LogP contribution in [-0.2, 0) is 9.59 Å². The number of nitrogens with zero attached hydrogens (tertiary/aromatic N) is 1. The van der Waals surface area contributed by atoms with Gasteiger partial charge in [0.15, 0.2) is 0 Å². The summed E-state index contributed by atoms with van der Waals surface area (Å²) in [5.74, 6) is 0.257. The van der Waals surface area contributed by atoms with E-state index < -0.39 is 5.41 Å². The van der Waals surface area contributed by atoms with E-state index >= 15 is 0 Å². The molecule has 0 aromatic heterocycles. The summed E-state index contributed by atoms with van der Waals surface area (Å²) in [5.41, 5.74) is 5.29. The Balaban J connectivity index is 2.27. The summed E-state index contributed by atoms with van der Waals surface area (Å²) < 4.78 is 5.40. The van der Waals surface area contributed by atoms with Gasteiger partial charge in [-0.1, -0.05) is 19.9 Å². The Morgan fingerprint density at radius 1 is 1.37 bits per heavy atom. The number of imide groups is 1. The molecule has 2 amide bonds. The lowest BCUT2D eigenvalue weighted by Crippen LogP contribution is -2.32. The molecule has 0 spiro atoms. The molecule has 0 aliphatic carbocycles. The Morgan fingerprint density at radius 2 is 2.11 bits per heavy atom. The van der Waals surface area contributed by atoms with Crippen LogP contribution in [-0.4, -0.2) is 25.0 Å². The zero-order valence-electron chi connectivity index (χ0n) is 11.2. The van der Waals surface area contributed by atoms with Crippen LogP contribution < -0.4 is 15.4 Å². The minimum atomic E-state index is -0.634. The minimum Gasteiger partial charge on any atom is -0.492 e. The highest BCUT2D eigenvalue weighted by atomic mass is 16.5. The van der Waals surface area contributed by atoms with Crippen molar-refractivity contribution < 1.29 is 14.3 Å². The van der Waals surface area contributed by atoms with Gasteiger partial charge in [-0.05, 0) is 12.1 Å². The molecule has 0 unspecified atom stereocenters. The lowest BCUT2D eigenvalue weighted by Gasteiger charge is -2.18. The first-order valence-corrected chi connectivity index (χ1v) is 6.26. The summed E-state index contributed by atoms with van der Waals surface area (Å²) in [7, 11) is 0. The normalized spacial score (nSPS) is 17.9. The van der Waals surface area contributed by atoms with Crippen LogP contribution in [0.15, 0.2) is 24.3 Å². The van der Waals surface area contributed by atoms with Crippen LogP contribution in [0.25, 0.3) is 0 Å². The molecule has 1 saturated heterocycles. The van der Waals surface area contributed by atoms with Gasteiger partial charge in [0.1, 0.15) is 12.4 Å². The Kier molecular flexibility index (Phi) is 3.57. The lowest BCUT2D eigenvalue weighted by atomic mass is 9.92. The maximum atomic E-state index is 12.2.